The fraction of sp³-hybridized carbons (Fsp3) is 0.160. The third-order valence-corrected chi connectivity index (χ3v) is 6.34. The normalized spacial score (nSPS) is 11.7. The molecule has 4 rings (SSSR count). The van der Waals surface area contributed by atoms with Gasteiger partial charge in [-0.2, -0.15) is 0 Å². The molecule has 1 heterocycles. The van der Waals surface area contributed by atoms with Gasteiger partial charge in [0.15, 0.2) is 22.6 Å². The minimum absolute atomic E-state index is 0.0654. The van der Waals surface area contributed by atoms with E-state index in [0.717, 1.165) is 23.3 Å². The number of non-ortho nitro benzene ring substituents is 1. The smallest absolute Gasteiger partial charge is 0.319 e. The number of nitro benzene ring substituents is 1. The van der Waals surface area contributed by atoms with Crippen molar-refractivity contribution in [3.8, 4) is 5.69 Å². The molecule has 0 saturated carbocycles. The van der Waals surface area contributed by atoms with Gasteiger partial charge in [0, 0.05) is 35.3 Å². The Morgan fingerprint density at radius 3 is 2.51 bits per heavy atom. The van der Waals surface area contributed by atoms with Crippen molar-refractivity contribution >= 4 is 29.2 Å². The number of carbonyl (C=O) groups excluding carboxylic acids is 1. The second kappa shape index (κ2) is 11.2. The van der Waals surface area contributed by atoms with Crippen LogP contribution in [0, 0.1) is 28.7 Å². The van der Waals surface area contributed by atoms with Crippen LogP contribution in [0.5, 0.6) is 0 Å². The van der Waals surface area contributed by atoms with Crippen LogP contribution in [0.2, 0.25) is 0 Å². The van der Waals surface area contributed by atoms with E-state index < -0.39 is 28.6 Å². The Morgan fingerprint density at radius 2 is 1.84 bits per heavy atom. The maximum Gasteiger partial charge on any atom is 0.319 e. The van der Waals surface area contributed by atoms with E-state index in [-0.39, 0.29) is 11.4 Å². The van der Waals surface area contributed by atoms with E-state index >= 15 is 0 Å². The molecular formula is C25H22F2N6O3S. The Labute approximate surface area is 215 Å². The Balaban J connectivity index is 1.59. The van der Waals surface area contributed by atoms with Crippen LogP contribution in [0.25, 0.3) is 5.69 Å². The number of nitrogens with zero attached hydrogens (tertiary/aromatic N) is 4. The number of nitrogens with one attached hydrogen (secondary N) is 2. The number of aryl methyl sites for hydroxylation is 1. The van der Waals surface area contributed by atoms with Crippen molar-refractivity contribution in [1.82, 2.24) is 20.1 Å². The molecule has 0 aliphatic carbocycles. The van der Waals surface area contributed by atoms with Crippen LogP contribution in [0.4, 0.5) is 25.0 Å². The standard InChI is InChI=1S/C25H22F2N6O3S/c1-15-4-3-5-17(12-15)14-37-25-31-30-23(32(25)19-7-9-20(10-8-19)33(35)36)16(2)28-24(34)29-18-6-11-21(26)22(27)13-18/h3-13,16H,14H2,1-2H3,(H2,28,29,34). The zero-order chi connectivity index (χ0) is 26.5. The van der Waals surface area contributed by atoms with Gasteiger partial charge >= 0.3 is 6.03 Å². The number of rotatable bonds is 8. The lowest BCUT2D eigenvalue weighted by Crippen LogP contribution is -2.32. The zero-order valence-corrected chi connectivity index (χ0v) is 20.6. The third kappa shape index (κ3) is 6.28. The molecule has 0 fully saturated rings. The molecule has 0 radical (unpaired) electrons. The first-order chi connectivity index (χ1) is 17.7. The van der Waals surface area contributed by atoms with Gasteiger partial charge in [0.25, 0.3) is 5.69 Å². The second-order valence-electron chi connectivity index (χ2n) is 8.18. The number of halogens is 2. The molecule has 37 heavy (non-hydrogen) atoms. The average Bonchev–Trinajstić information content (AvgIpc) is 3.29. The number of anilines is 1. The van der Waals surface area contributed by atoms with E-state index in [4.69, 9.17) is 0 Å². The summed E-state index contributed by atoms with van der Waals surface area (Å²) in [4.78, 5) is 23.2. The Bertz CT molecular complexity index is 1440. The lowest BCUT2D eigenvalue weighted by molar-refractivity contribution is -0.384. The van der Waals surface area contributed by atoms with Crippen LogP contribution in [0.3, 0.4) is 0 Å². The molecule has 2 N–H and O–H groups in total. The summed E-state index contributed by atoms with van der Waals surface area (Å²) in [6, 6.07) is 15.6. The van der Waals surface area contributed by atoms with Gasteiger partial charge in [-0.3, -0.25) is 14.7 Å². The number of benzene rings is 3. The van der Waals surface area contributed by atoms with Crippen LogP contribution in [0.15, 0.2) is 71.9 Å². The number of nitro groups is 1. The predicted octanol–water partition coefficient (Wildman–Crippen LogP) is 5.94. The number of hydrogen-bond donors (Lipinski definition) is 2. The Hall–Kier alpha value is -4.32. The third-order valence-electron chi connectivity index (χ3n) is 5.34. The van der Waals surface area contributed by atoms with Gasteiger partial charge in [-0.15, -0.1) is 10.2 Å². The van der Waals surface area contributed by atoms with E-state index in [1.165, 1.54) is 30.0 Å². The number of amides is 2. The summed E-state index contributed by atoms with van der Waals surface area (Å²) in [5, 5.41) is 25.4. The second-order valence-corrected chi connectivity index (χ2v) is 9.12. The fourth-order valence-corrected chi connectivity index (χ4v) is 4.48. The van der Waals surface area contributed by atoms with E-state index in [0.29, 0.717) is 22.4 Å². The monoisotopic (exact) mass is 524 g/mol. The molecule has 1 unspecified atom stereocenters. The molecule has 0 saturated heterocycles. The number of thioether (sulfide) groups is 1. The molecule has 4 aromatic rings. The molecule has 1 atom stereocenters. The summed E-state index contributed by atoms with van der Waals surface area (Å²) in [5.74, 6) is -1.13. The first kappa shape index (κ1) is 25.8. The van der Waals surface area contributed by atoms with Crippen LogP contribution in [-0.2, 0) is 5.75 Å². The van der Waals surface area contributed by atoms with Crippen molar-refractivity contribution in [2.45, 2.75) is 30.8 Å². The Morgan fingerprint density at radius 1 is 1.08 bits per heavy atom. The van der Waals surface area contributed by atoms with E-state index in [1.54, 1.807) is 23.6 Å². The highest BCUT2D eigenvalue weighted by Crippen LogP contribution is 2.29. The van der Waals surface area contributed by atoms with Crippen LogP contribution in [-0.4, -0.2) is 25.7 Å². The van der Waals surface area contributed by atoms with Crippen molar-refractivity contribution in [3.63, 3.8) is 0 Å². The molecular weight excluding hydrogens is 502 g/mol. The zero-order valence-electron chi connectivity index (χ0n) is 19.8. The first-order valence-electron chi connectivity index (χ1n) is 11.1. The molecule has 190 valence electrons. The Kier molecular flexibility index (Phi) is 7.77. The van der Waals surface area contributed by atoms with Gasteiger partial charge in [-0.1, -0.05) is 41.6 Å². The summed E-state index contributed by atoms with van der Waals surface area (Å²) < 4.78 is 28.4. The summed E-state index contributed by atoms with van der Waals surface area (Å²) in [5.41, 5.74) is 2.80. The number of aromatic nitrogens is 3. The van der Waals surface area contributed by atoms with E-state index in [2.05, 4.69) is 26.9 Å². The highest BCUT2D eigenvalue weighted by Gasteiger charge is 2.22. The lowest BCUT2D eigenvalue weighted by Gasteiger charge is -2.17. The van der Waals surface area contributed by atoms with Crippen molar-refractivity contribution in [3.05, 3.63) is 105 Å². The molecule has 9 nitrogen and oxygen atoms in total. The van der Waals surface area contributed by atoms with Gasteiger partial charge < -0.3 is 10.6 Å². The average molecular weight is 525 g/mol. The van der Waals surface area contributed by atoms with E-state index in [9.17, 15) is 23.7 Å². The van der Waals surface area contributed by atoms with Crippen LogP contribution < -0.4 is 10.6 Å². The van der Waals surface area contributed by atoms with Gasteiger partial charge in [-0.05, 0) is 43.7 Å². The van der Waals surface area contributed by atoms with Crippen LogP contribution in [0.1, 0.15) is 29.9 Å². The van der Waals surface area contributed by atoms with Crippen molar-refractivity contribution < 1.29 is 18.5 Å². The first-order valence-corrected chi connectivity index (χ1v) is 12.1. The summed E-state index contributed by atoms with van der Waals surface area (Å²) in [6.07, 6.45) is 0. The number of hydrogen-bond acceptors (Lipinski definition) is 6. The van der Waals surface area contributed by atoms with Gasteiger partial charge in [0.05, 0.1) is 11.0 Å². The van der Waals surface area contributed by atoms with Crippen molar-refractivity contribution in [2.75, 3.05) is 5.32 Å². The number of carbonyl (C=O) groups is 1. The van der Waals surface area contributed by atoms with Gasteiger partial charge in [0.1, 0.15) is 0 Å². The lowest BCUT2D eigenvalue weighted by atomic mass is 10.2. The fourth-order valence-electron chi connectivity index (χ4n) is 3.57. The molecule has 0 bridgehead atoms. The topological polar surface area (TPSA) is 115 Å². The molecule has 0 aliphatic heterocycles. The molecule has 12 heteroatoms. The van der Waals surface area contributed by atoms with Crippen molar-refractivity contribution in [2.24, 2.45) is 0 Å². The molecule has 0 spiro atoms. The molecule has 1 aromatic heterocycles. The number of urea groups is 1. The molecule has 2 amide bonds. The highest BCUT2D eigenvalue weighted by atomic mass is 32.2. The highest BCUT2D eigenvalue weighted by molar-refractivity contribution is 7.98. The van der Waals surface area contributed by atoms with Crippen molar-refractivity contribution in [1.29, 1.82) is 0 Å². The summed E-state index contributed by atoms with van der Waals surface area (Å²) >= 11 is 1.43. The van der Waals surface area contributed by atoms with Gasteiger partial charge in [-0.25, -0.2) is 13.6 Å². The molecule has 3 aromatic carbocycles. The predicted molar refractivity (Wildman–Crippen MR) is 136 cm³/mol. The molecule has 0 aliphatic rings. The quantitative estimate of drug-likeness (QED) is 0.168. The SMILES string of the molecule is Cc1cccc(CSc2nnc(C(C)NC(=O)Nc3ccc(F)c(F)c3)n2-c2ccc([N+](=O)[O-])cc2)c1. The van der Waals surface area contributed by atoms with E-state index in [1.807, 2.05) is 25.1 Å². The largest absolute Gasteiger partial charge is 0.328 e. The minimum atomic E-state index is -1.08. The summed E-state index contributed by atoms with van der Waals surface area (Å²) in [6.45, 7) is 3.69. The minimum Gasteiger partial charge on any atom is -0.328 e. The maximum atomic E-state index is 13.5. The summed E-state index contributed by atoms with van der Waals surface area (Å²) in [7, 11) is 0. The van der Waals surface area contributed by atoms with Gasteiger partial charge in [0.2, 0.25) is 0 Å². The maximum absolute atomic E-state index is 13.5. The van der Waals surface area contributed by atoms with Crippen LogP contribution >= 0.6 is 11.8 Å².